The van der Waals surface area contributed by atoms with Gasteiger partial charge in [0.05, 0.1) is 5.71 Å². The lowest BCUT2D eigenvalue weighted by atomic mass is 9.96. The van der Waals surface area contributed by atoms with Crippen molar-refractivity contribution >= 4 is 5.71 Å². The molecule has 0 atom stereocenters. The molecule has 1 heterocycles. The van der Waals surface area contributed by atoms with E-state index in [1.807, 2.05) is 12.3 Å². The predicted octanol–water partition coefficient (Wildman–Crippen LogP) is 1.33. The van der Waals surface area contributed by atoms with Crippen LogP contribution in [0.1, 0.15) is 17.7 Å². The van der Waals surface area contributed by atoms with Gasteiger partial charge < -0.3 is 10.2 Å². The number of aromatic amines is 1. The minimum absolute atomic E-state index is 0.801. The maximum absolute atomic E-state index is 8.53. The van der Waals surface area contributed by atoms with Crippen LogP contribution >= 0.6 is 0 Å². The summed E-state index contributed by atoms with van der Waals surface area (Å²) < 4.78 is 0. The van der Waals surface area contributed by atoms with Gasteiger partial charge in [-0.15, -0.1) is 0 Å². The van der Waals surface area contributed by atoms with Crippen molar-refractivity contribution < 1.29 is 5.21 Å². The summed E-state index contributed by atoms with van der Waals surface area (Å²) in [5, 5.41) is 11.8. The number of oxime groups is 1. The van der Waals surface area contributed by atoms with E-state index in [1.165, 1.54) is 11.3 Å². The topological polar surface area (TPSA) is 48.4 Å². The summed E-state index contributed by atoms with van der Waals surface area (Å²) in [6.45, 7) is 0. The molecule has 11 heavy (non-hydrogen) atoms. The smallest absolute Gasteiger partial charge is 0.0619 e. The first-order valence-corrected chi connectivity index (χ1v) is 3.75. The highest BCUT2D eigenvalue weighted by molar-refractivity contribution is 5.87. The van der Waals surface area contributed by atoms with E-state index < -0.39 is 0 Å². The molecule has 0 bridgehead atoms. The van der Waals surface area contributed by atoms with Gasteiger partial charge in [0, 0.05) is 18.3 Å². The Labute approximate surface area is 64.7 Å². The molecule has 3 heteroatoms. The Hall–Kier alpha value is -1.25. The Morgan fingerprint density at radius 2 is 2.36 bits per heavy atom. The van der Waals surface area contributed by atoms with Crippen molar-refractivity contribution in [3.8, 4) is 0 Å². The predicted molar refractivity (Wildman–Crippen MR) is 42.0 cm³/mol. The Balaban J connectivity index is 2.31. The summed E-state index contributed by atoms with van der Waals surface area (Å²) in [6.07, 6.45) is 4.59. The summed E-state index contributed by atoms with van der Waals surface area (Å²) in [7, 11) is 0. The molecule has 1 aliphatic rings. The van der Waals surface area contributed by atoms with Crippen LogP contribution in [0.3, 0.4) is 0 Å². The first-order chi connectivity index (χ1) is 5.40. The SMILES string of the molecule is ON=C1CCc2[nH]ccc2C1. The lowest BCUT2D eigenvalue weighted by Gasteiger charge is -2.11. The van der Waals surface area contributed by atoms with Gasteiger partial charge >= 0.3 is 0 Å². The summed E-state index contributed by atoms with van der Waals surface area (Å²) in [6, 6.07) is 2.04. The second kappa shape index (κ2) is 2.42. The molecule has 0 saturated heterocycles. The number of nitrogens with zero attached hydrogens (tertiary/aromatic N) is 1. The van der Waals surface area contributed by atoms with Crippen LogP contribution < -0.4 is 0 Å². The number of hydrogen-bond donors (Lipinski definition) is 2. The van der Waals surface area contributed by atoms with Crippen LogP contribution in [0.2, 0.25) is 0 Å². The highest BCUT2D eigenvalue weighted by Gasteiger charge is 2.14. The van der Waals surface area contributed by atoms with Crippen LogP contribution in [-0.2, 0) is 12.8 Å². The minimum atomic E-state index is 0.801. The number of H-pyrrole nitrogens is 1. The molecule has 0 fully saturated rings. The van der Waals surface area contributed by atoms with Gasteiger partial charge in [0.15, 0.2) is 0 Å². The normalized spacial score (nSPS) is 20.2. The van der Waals surface area contributed by atoms with Gasteiger partial charge in [-0.05, 0) is 24.5 Å². The van der Waals surface area contributed by atoms with Gasteiger partial charge in [-0.3, -0.25) is 0 Å². The van der Waals surface area contributed by atoms with Crippen LogP contribution in [0.4, 0.5) is 0 Å². The van der Waals surface area contributed by atoms with Crippen molar-refractivity contribution in [2.75, 3.05) is 0 Å². The lowest BCUT2D eigenvalue weighted by molar-refractivity contribution is 0.316. The molecular formula is C8H10N2O. The molecule has 2 N–H and O–H groups in total. The van der Waals surface area contributed by atoms with Crippen molar-refractivity contribution in [2.24, 2.45) is 5.16 Å². The second-order valence-corrected chi connectivity index (χ2v) is 2.82. The van der Waals surface area contributed by atoms with Crippen molar-refractivity contribution in [3.63, 3.8) is 0 Å². The summed E-state index contributed by atoms with van der Waals surface area (Å²) >= 11 is 0. The number of rotatable bonds is 0. The average Bonchev–Trinajstić information content (AvgIpc) is 2.50. The summed E-state index contributed by atoms with van der Waals surface area (Å²) in [5.41, 5.74) is 3.44. The molecule has 0 aliphatic heterocycles. The first kappa shape index (κ1) is 6.46. The van der Waals surface area contributed by atoms with Gasteiger partial charge in [0.2, 0.25) is 0 Å². The molecule has 2 rings (SSSR count). The van der Waals surface area contributed by atoms with E-state index >= 15 is 0 Å². The minimum Gasteiger partial charge on any atom is -0.411 e. The molecule has 1 aromatic heterocycles. The van der Waals surface area contributed by atoms with E-state index in [4.69, 9.17) is 5.21 Å². The standard InChI is InChI=1S/C8H10N2O/c11-10-7-1-2-8-6(5-7)3-4-9-8/h3-4,9,11H,1-2,5H2. The molecule has 58 valence electrons. The van der Waals surface area contributed by atoms with Crippen LogP contribution in [0.25, 0.3) is 0 Å². The quantitative estimate of drug-likeness (QED) is 0.425. The van der Waals surface area contributed by atoms with Crippen LogP contribution in [0.5, 0.6) is 0 Å². The molecule has 0 radical (unpaired) electrons. The maximum Gasteiger partial charge on any atom is 0.0619 e. The largest absolute Gasteiger partial charge is 0.411 e. The van der Waals surface area contributed by atoms with Crippen molar-refractivity contribution in [2.45, 2.75) is 19.3 Å². The van der Waals surface area contributed by atoms with E-state index in [2.05, 4.69) is 10.1 Å². The Bertz CT molecular complexity index is 288. The average molecular weight is 150 g/mol. The second-order valence-electron chi connectivity index (χ2n) is 2.82. The van der Waals surface area contributed by atoms with Crippen LogP contribution in [-0.4, -0.2) is 15.9 Å². The number of aryl methyl sites for hydroxylation is 1. The number of hydrogen-bond acceptors (Lipinski definition) is 2. The van der Waals surface area contributed by atoms with Crippen molar-refractivity contribution in [1.29, 1.82) is 0 Å². The third-order valence-electron chi connectivity index (χ3n) is 2.13. The van der Waals surface area contributed by atoms with Gasteiger partial charge in [0.1, 0.15) is 0 Å². The zero-order chi connectivity index (χ0) is 7.68. The van der Waals surface area contributed by atoms with Gasteiger partial charge in [-0.1, -0.05) is 5.16 Å². The third kappa shape index (κ3) is 1.02. The van der Waals surface area contributed by atoms with Gasteiger partial charge in [-0.2, -0.15) is 0 Å². The van der Waals surface area contributed by atoms with Crippen LogP contribution in [0, 0.1) is 0 Å². The van der Waals surface area contributed by atoms with Crippen LogP contribution in [0.15, 0.2) is 17.4 Å². The molecule has 0 spiro atoms. The molecule has 1 aliphatic carbocycles. The summed E-state index contributed by atoms with van der Waals surface area (Å²) in [4.78, 5) is 3.17. The number of nitrogens with one attached hydrogen (secondary N) is 1. The van der Waals surface area contributed by atoms with Crippen molar-refractivity contribution in [1.82, 2.24) is 4.98 Å². The van der Waals surface area contributed by atoms with E-state index in [0.717, 1.165) is 25.0 Å². The molecule has 0 amide bonds. The molecule has 0 unspecified atom stereocenters. The first-order valence-electron chi connectivity index (χ1n) is 3.75. The van der Waals surface area contributed by atoms with E-state index in [1.54, 1.807) is 0 Å². The maximum atomic E-state index is 8.53. The highest BCUT2D eigenvalue weighted by Crippen LogP contribution is 2.17. The van der Waals surface area contributed by atoms with Gasteiger partial charge in [-0.25, -0.2) is 0 Å². The highest BCUT2D eigenvalue weighted by atomic mass is 16.4. The summed E-state index contributed by atoms with van der Waals surface area (Å²) in [5.74, 6) is 0. The molecule has 0 aromatic carbocycles. The molecular weight excluding hydrogens is 140 g/mol. The molecule has 0 saturated carbocycles. The van der Waals surface area contributed by atoms with E-state index in [0.29, 0.717) is 0 Å². The number of aromatic nitrogens is 1. The fourth-order valence-electron chi connectivity index (χ4n) is 1.50. The monoisotopic (exact) mass is 150 g/mol. The molecule has 1 aromatic rings. The van der Waals surface area contributed by atoms with E-state index in [9.17, 15) is 0 Å². The molecule has 3 nitrogen and oxygen atoms in total. The third-order valence-corrected chi connectivity index (χ3v) is 2.13. The van der Waals surface area contributed by atoms with Gasteiger partial charge in [0.25, 0.3) is 0 Å². The number of fused-ring (bicyclic) bond motifs is 1. The zero-order valence-corrected chi connectivity index (χ0v) is 6.17. The van der Waals surface area contributed by atoms with E-state index in [-0.39, 0.29) is 0 Å². The Morgan fingerprint density at radius 1 is 1.45 bits per heavy atom. The van der Waals surface area contributed by atoms with Crippen molar-refractivity contribution in [3.05, 3.63) is 23.5 Å². The fraction of sp³-hybridized carbons (Fsp3) is 0.375. The Kier molecular flexibility index (Phi) is 1.42. The Morgan fingerprint density at radius 3 is 3.18 bits per heavy atom. The zero-order valence-electron chi connectivity index (χ0n) is 6.17. The fourth-order valence-corrected chi connectivity index (χ4v) is 1.50. The lowest BCUT2D eigenvalue weighted by Crippen LogP contribution is -2.12.